The Morgan fingerprint density at radius 1 is 1.16 bits per heavy atom. The molecule has 4 nitrogen and oxygen atoms in total. The zero-order chi connectivity index (χ0) is 17.8. The van der Waals surface area contributed by atoms with Gasteiger partial charge in [-0.3, -0.25) is 0 Å². The van der Waals surface area contributed by atoms with E-state index in [0.29, 0.717) is 21.6 Å². The lowest BCUT2D eigenvalue weighted by molar-refractivity contribution is 0.0695. The molecule has 1 saturated carbocycles. The fourth-order valence-electron chi connectivity index (χ4n) is 3.53. The Morgan fingerprint density at radius 3 is 2.44 bits per heavy atom. The number of benzene rings is 2. The summed E-state index contributed by atoms with van der Waals surface area (Å²) in [5, 5.41) is 21.5. The van der Waals surface area contributed by atoms with Crippen molar-refractivity contribution in [1.29, 1.82) is 0 Å². The summed E-state index contributed by atoms with van der Waals surface area (Å²) in [6.07, 6.45) is 1.62. The number of pyridine rings is 1. The summed E-state index contributed by atoms with van der Waals surface area (Å²) >= 11 is 5.98. The molecular weight excluding hydrogens is 338 g/mol. The second-order valence-corrected chi connectivity index (χ2v) is 6.99. The molecule has 0 radical (unpaired) electrons. The van der Waals surface area contributed by atoms with Crippen molar-refractivity contribution in [3.05, 3.63) is 69.9 Å². The highest BCUT2D eigenvalue weighted by Crippen LogP contribution is 2.56. The number of halogens is 1. The SMILES string of the molecule is Cc1cccc2c(C(=O)O)c(O)c(C3(c4ccc(Cl)cc4)CC3)nc12. The summed E-state index contributed by atoms with van der Waals surface area (Å²) in [4.78, 5) is 16.5. The van der Waals surface area contributed by atoms with E-state index in [1.54, 1.807) is 24.3 Å². The fraction of sp³-hybridized carbons (Fsp3) is 0.200. The number of aromatic hydroxyl groups is 1. The van der Waals surface area contributed by atoms with Gasteiger partial charge in [-0.25, -0.2) is 9.78 Å². The van der Waals surface area contributed by atoms with Gasteiger partial charge < -0.3 is 10.2 Å². The van der Waals surface area contributed by atoms with Gasteiger partial charge in [0.2, 0.25) is 0 Å². The largest absolute Gasteiger partial charge is 0.505 e. The van der Waals surface area contributed by atoms with Gasteiger partial charge in [0.1, 0.15) is 5.56 Å². The smallest absolute Gasteiger partial charge is 0.340 e. The van der Waals surface area contributed by atoms with Crippen LogP contribution in [0, 0.1) is 6.92 Å². The van der Waals surface area contributed by atoms with Crippen LogP contribution in [0.5, 0.6) is 5.75 Å². The maximum absolute atomic E-state index is 11.8. The number of nitrogens with zero attached hydrogens (tertiary/aromatic N) is 1. The van der Waals surface area contributed by atoms with Gasteiger partial charge in [-0.15, -0.1) is 0 Å². The van der Waals surface area contributed by atoms with E-state index in [4.69, 9.17) is 16.6 Å². The highest BCUT2D eigenvalue weighted by atomic mass is 35.5. The molecule has 0 saturated heterocycles. The summed E-state index contributed by atoms with van der Waals surface area (Å²) in [6.45, 7) is 1.89. The summed E-state index contributed by atoms with van der Waals surface area (Å²) in [5.41, 5.74) is 2.40. The molecule has 0 bridgehead atoms. The first-order valence-electron chi connectivity index (χ1n) is 8.06. The van der Waals surface area contributed by atoms with Crippen molar-refractivity contribution in [1.82, 2.24) is 4.98 Å². The van der Waals surface area contributed by atoms with Gasteiger partial charge in [0.15, 0.2) is 5.75 Å². The molecule has 1 aliphatic carbocycles. The lowest BCUT2D eigenvalue weighted by atomic mass is 9.89. The minimum atomic E-state index is -1.15. The Bertz CT molecular complexity index is 1010. The highest BCUT2D eigenvalue weighted by Gasteiger charge is 2.50. The van der Waals surface area contributed by atoms with Crippen LogP contribution in [0.15, 0.2) is 42.5 Å². The minimum Gasteiger partial charge on any atom is -0.505 e. The Labute approximate surface area is 149 Å². The number of hydrogen-bond donors (Lipinski definition) is 2. The van der Waals surface area contributed by atoms with Gasteiger partial charge in [-0.05, 0) is 43.0 Å². The number of aromatic nitrogens is 1. The van der Waals surface area contributed by atoms with Gasteiger partial charge in [-0.2, -0.15) is 0 Å². The molecule has 5 heteroatoms. The zero-order valence-corrected chi connectivity index (χ0v) is 14.3. The summed E-state index contributed by atoms with van der Waals surface area (Å²) in [5.74, 6) is -1.39. The van der Waals surface area contributed by atoms with Crippen molar-refractivity contribution in [2.24, 2.45) is 0 Å². The van der Waals surface area contributed by atoms with E-state index in [2.05, 4.69) is 0 Å². The average molecular weight is 354 g/mol. The van der Waals surface area contributed by atoms with E-state index in [-0.39, 0.29) is 11.3 Å². The van der Waals surface area contributed by atoms with Crippen LogP contribution in [0.3, 0.4) is 0 Å². The van der Waals surface area contributed by atoms with Crippen molar-refractivity contribution in [2.75, 3.05) is 0 Å². The van der Waals surface area contributed by atoms with E-state index < -0.39 is 11.4 Å². The summed E-state index contributed by atoms with van der Waals surface area (Å²) in [7, 11) is 0. The normalized spacial score (nSPS) is 15.3. The quantitative estimate of drug-likeness (QED) is 0.717. The first-order chi connectivity index (χ1) is 11.9. The third-order valence-electron chi connectivity index (χ3n) is 5.01. The minimum absolute atomic E-state index is 0.0797. The zero-order valence-electron chi connectivity index (χ0n) is 13.6. The lowest BCUT2D eigenvalue weighted by Gasteiger charge is -2.19. The number of carboxylic acids is 1. The van der Waals surface area contributed by atoms with Crippen LogP contribution in [0.2, 0.25) is 5.02 Å². The van der Waals surface area contributed by atoms with Gasteiger partial charge in [0, 0.05) is 15.8 Å². The average Bonchev–Trinajstić information content (AvgIpc) is 3.36. The third kappa shape index (κ3) is 2.36. The fourth-order valence-corrected chi connectivity index (χ4v) is 3.65. The second kappa shape index (κ2) is 5.46. The third-order valence-corrected chi connectivity index (χ3v) is 5.26. The van der Waals surface area contributed by atoms with Crippen molar-refractivity contribution in [3.63, 3.8) is 0 Å². The van der Waals surface area contributed by atoms with Crippen LogP contribution in [0.4, 0.5) is 0 Å². The molecule has 4 rings (SSSR count). The molecule has 1 aliphatic rings. The van der Waals surface area contributed by atoms with E-state index in [1.165, 1.54) is 0 Å². The van der Waals surface area contributed by atoms with Crippen LogP contribution < -0.4 is 0 Å². The van der Waals surface area contributed by atoms with Crippen LogP contribution >= 0.6 is 11.6 Å². The van der Waals surface area contributed by atoms with Gasteiger partial charge in [-0.1, -0.05) is 41.9 Å². The maximum atomic E-state index is 11.8. The van der Waals surface area contributed by atoms with Crippen molar-refractivity contribution in [2.45, 2.75) is 25.2 Å². The van der Waals surface area contributed by atoms with Crippen molar-refractivity contribution in [3.8, 4) is 5.75 Å². The Hall–Kier alpha value is -2.59. The molecule has 2 aromatic carbocycles. The summed E-state index contributed by atoms with van der Waals surface area (Å²) in [6, 6.07) is 12.8. The standard InChI is InChI=1S/C20H16ClNO3/c1-11-3-2-4-14-15(19(24)25)17(23)18(22-16(11)14)20(9-10-20)12-5-7-13(21)8-6-12/h2-8,23H,9-10H2,1H3,(H,24,25). The number of fused-ring (bicyclic) bond motifs is 1. The van der Waals surface area contributed by atoms with E-state index in [9.17, 15) is 15.0 Å². The number of carbonyl (C=O) groups is 1. The monoisotopic (exact) mass is 353 g/mol. The number of para-hydroxylation sites is 1. The molecule has 126 valence electrons. The molecule has 0 spiro atoms. The predicted octanol–water partition coefficient (Wildman–Crippen LogP) is 4.68. The van der Waals surface area contributed by atoms with Gasteiger partial charge >= 0.3 is 5.97 Å². The van der Waals surface area contributed by atoms with Crippen LogP contribution in [0.25, 0.3) is 10.9 Å². The number of rotatable bonds is 3. The molecule has 1 heterocycles. The predicted molar refractivity (Wildman–Crippen MR) is 96.6 cm³/mol. The maximum Gasteiger partial charge on any atom is 0.340 e. The van der Waals surface area contributed by atoms with Gasteiger partial charge in [0.05, 0.1) is 11.2 Å². The van der Waals surface area contributed by atoms with E-state index >= 15 is 0 Å². The summed E-state index contributed by atoms with van der Waals surface area (Å²) < 4.78 is 0. The molecule has 0 atom stereocenters. The number of carboxylic acid groups (broad SMARTS) is 1. The Kier molecular flexibility index (Phi) is 3.48. The molecule has 25 heavy (non-hydrogen) atoms. The second-order valence-electron chi connectivity index (χ2n) is 6.55. The number of hydrogen-bond acceptors (Lipinski definition) is 3. The first-order valence-corrected chi connectivity index (χ1v) is 8.44. The molecule has 2 N–H and O–H groups in total. The van der Waals surface area contributed by atoms with Crippen molar-refractivity contribution < 1.29 is 15.0 Å². The molecule has 0 amide bonds. The molecule has 3 aromatic rings. The van der Waals surface area contributed by atoms with Crippen molar-refractivity contribution >= 4 is 28.5 Å². The number of aromatic carboxylic acids is 1. The van der Waals surface area contributed by atoms with E-state index in [0.717, 1.165) is 24.0 Å². The topological polar surface area (TPSA) is 70.4 Å². The molecular formula is C20H16ClNO3. The first kappa shape index (κ1) is 15.9. The van der Waals surface area contributed by atoms with Crippen LogP contribution in [0.1, 0.15) is 40.0 Å². The molecule has 0 unspecified atom stereocenters. The van der Waals surface area contributed by atoms with Gasteiger partial charge in [0.25, 0.3) is 0 Å². The molecule has 1 aromatic heterocycles. The Morgan fingerprint density at radius 2 is 1.84 bits per heavy atom. The number of aryl methyl sites for hydroxylation is 1. The molecule has 1 fully saturated rings. The molecule has 0 aliphatic heterocycles. The van der Waals surface area contributed by atoms with Crippen LogP contribution in [-0.2, 0) is 5.41 Å². The lowest BCUT2D eigenvalue weighted by Crippen LogP contribution is -2.14. The highest BCUT2D eigenvalue weighted by molar-refractivity contribution is 6.30. The van der Waals surface area contributed by atoms with Crippen LogP contribution in [-0.4, -0.2) is 21.2 Å². The Balaban J connectivity index is 2.02. The van der Waals surface area contributed by atoms with E-state index in [1.807, 2.05) is 25.1 Å².